The van der Waals surface area contributed by atoms with Crippen LogP contribution in [0.5, 0.6) is 0 Å². The van der Waals surface area contributed by atoms with E-state index in [1.54, 1.807) is 11.3 Å². The normalized spacial score (nSPS) is 17.2. The molecule has 1 saturated heterocycles. The summed E-state index contributed by atoms with van der Waals surface area (Å²) in [4.78, 5) is 1.31. The van der Waals surface area contributed by atoms with E-state index in [-0.39, 0.29) is 0 Å². The predicted octanol–water partition coefficient (Wildman–Crippen LogP) is 3.38. The number of hydrogen-bond acceptors (Lipinski definition) is 3. The van der Waals surface area contributed by atoms with Gasteiger partial charge in [-0.25, -0.2) is 0 Å². The molecule has 0 radical (unpaired) electrons. The van der Waals surface area contributed by atoms with Crippen LogP contribution in [0.25, 0.3) is 10.4 Å². The number of nitrogens with zero attached hydrogens (tertiary/aromatic N) is 2. The predicted molar refractivity (Wildman–Crippen MR) is 79.1 cm³/mol. The van der Waals surface area contributed by atoms with Gasteiger partial charge in [0.1, 0.15) is 0 Å². The number of nitrogens with one attached hydrogen (secondary N) is 1. The Labute approximate surface area is 119 Å². The number of aryl methyl sites for hydroxylation is 1. The highest BCUT2D eigenvalue weighted by atomic mass is 79.9. The van der Waals surface area contributed by atoms with Gasteiger partial charge in [0, 0.05) is 39.5 Å². The molecule has 1 fully saturated rings. The molecule has 0 spiro atoms. The highest BCUT2D eigenvalue weighted by molar-refractivity contribution is 9.10. The van der Waals surface area contributed by atoms with Crippen LogP contribution in [0, 0.1) is 0 Å². The molecule has 0 unspecified atom stereocenters. The molecule has 0 aromatic carbocycles. The van der Waals surface area contributed by atoms with Gasteiger partial charge in [0.05, 0.1) is 5.69 Å². The lowest BCUT2D eigenvalue weighted by atomic mass is 9.92. The molecule has 2 aromatic rings. The first kappa shape index (κ1) is 12.4. The maximum Gasteiger partial charge on any atom is 0.0742 e. The maximum absolute atomic E-state index is 4.70. The molecule has 2 aromatic heterocycles. The fourth-order valence-electron chi connectivity index (χ4n) is 2.55. The zero-order valence-corrected chi connectivity index (χ0v) is 12.7. The summed E-state index contributed by atoms with van der Waals surface area (Å²) in [7, 11) is 2.01. The summed E-state index contributed by atoms with van der Waals surface area (Å²) in [5, 5.41) is 10.2. The molecule has 0 bridgehead atoms. The zero-order valence-electron chi connectivity index (χ0n) is 10.3. The third-order valence-electron chi connectivity index (χ3n) is 3.42. The van der Waals surface area contributed by atoms with Crippen LogP contribution in [0.4, 0.5) is 0 Å². The van der Waals surface area contributed by atoms with Crippen LogP contribution in [0.1, 0.15) is 24.5 Å². The molecule has 3 nitrogen and oxygen atoms in total. The van der Waals surface area contributed by atoms with E-state index in [4.69, 9.17) is 5.10 Å². The van der Waals surface area contributed by atoms with E-state index >= 15 is 0 Å². The van der Waals surface area contributed by atoms with Crippen LogP contribution in [0.15, 0.2) is 22.1 Å². The van der Waals surface area contributed by atoms with Gasteiger partial charge in [0.25, 0.3) is 0 Å². The molecule has 1 N–H and O–H groups in total. The Morgan fingerprint density at radius 2 is 2.22 bits per heavy atom. The summed E-state index contributed by atoms with van der Waals surface area (Å²) in [6.07, 6.45) is 4.53. The molecule has 0 aliphatic carbocycles. The Hall–Kier alpha value is -0.650. The second-order valence-corrected chi connectivity index (χ2v) is 6.58. The standard InChI is InChI=1S/C13H16BrN3S/c1-17-7-11(12-6-10(14)8-18-12)13(16-17)9-2-4-15-5-3-9/h6-9,15H,2-5H2,1H3. The van der Waals surface area contributed by atoms with Gasteiger partial charge >= 0.3 is 0 Å². The topological polar surface area (TPSA) is 29.9 Å². The van der Waals surface area contributed by atoms with E-state index in [0.29, 0.717) is 5.92 Å². The number of aromatic nitrogens is 2. The minimum absolute atomic E-state index is 0.600. The van der Waals surface area contributed by atoms with Crippen LogP contribution >= 0.6 is 27.3 Å². The molecule has 0 amide bonds. The van der Waals surface area contributed by atoms with Crippen LogP contribution in [0.3, 0.4) is 0 Å². The summed E-state index contributed by atoms with van der Waals surface area (Å²) < 4.78 is 3.10. The summed E-state index contributed by atoms with van der Waals surface area (Å²) >= 11 is 5.31. The van der Waals surface area contributed by atoms with Crippen LogP contribution in [0.2, 0.25) is 0 Å². The van der Waals surface area contributed by atoms with Crippen LogP contribution in [-0.4, -0.2) is 22.9 Å². The molecule has 1 aliphatic rings. The van der Waals surface area contributed by atoms with E-state index < -0.39 is 0 Å². The second-order valence-electron chi connectivity index (χ2n) is 4.76. The van der Waals surface area contributed by atoms with E-state index in [1.807, 2.05) is 11.7 Å². The summed E-state index contributed by atoms with van der Waals surface area (Å²) in [6.45, 7) is 2.21. The van der Waals surface area contributed by atoms with E-state index in [9.17, 15) is 0 Å². The first-order valence-corrected chi connectivity index (χ1v) is 7.90. The van der Waals surface area contributed by atoms with E-state index in [0.717, 1.165) is 17.6 Å². The Balaban J connectivity index is 1.98. The van der Waals surface area contributed by atoms with Crippen molar-refractivity contribution in [2.24, 2.45) is 7.05 Å². The monoisotopic (exact) mass is 325 g/mol. The molecule has 96 valence electrons. The first-order valence-electron chi connectivity index (χ1n) is 6.22. The Morgan fingerprint density at radius 3 is 2.89 bits per heavy atom. The van der Waals surface area contributed by atoms with Gasteiger partial charge < -0.3 is 5.32 Å². The first-order chi connectivity index (χ1) is 8.74. The zero-order chi connectivity index (χ0) is 12.5. The molecule has 1 aliphatic heterocycles. The minimum atomic E-state index is 0.600. The van der Waals surface area contributed by atoms with Crippen molar-refractivity contribution in [3.05, 3.63) is 27.8 Å². The van der Waals surface area contributed by atoms with Gasteiger partial charge in [0.2, 0.25) is 0 Å². The molecular weight excluding hydrogens is 310 g/mol. The van der Waals surface area contributed by atoms with Gasteiger partial charge in [0.15, 0.2) is 0 Å². The molecule has 0 saturated carbocycles. The number of thiophene rings is 1. The highest BCUT2D eigenvalue weighted by Crippen LogP contribution is 2.36. The van der Waals surface area contributed by atoms with Crippen molar-refractivity contribution in [3.8, 4) is 10.4 Å². The van der Waals surface area contributed by atoms with E-state index in [2.05, 4.69) is 38.9 Å². The smallest absolute Gasteiger partial charge is 0.0742 e. The van der Waals surface area contributed by atoms with Crippen molar-refractivity contribution in [1.29, 1.82) is 0 Å². The SMILES string of the molecule is Cn1cc(-c2cc(Br)cs2)c(C2CCNCC2)n1. The van der Waals surface area contributed by atoms with E-state index in [1.165, 1.54) is 29.0 Å². The molecule has 3 heterocycles. The fourth-order valence-corrected chi connectivity index (χ4v) is 3.99. The lowest BCUT2D eigenvalue weighted by Crippen LogP contribution is -2.27. The van der Waals surface area contributed by atoms with Crippen molar-refractivity contribution >= 4 is 27.3 Å². The summed E-state index contributed by atoms with van der Waals surface area (Å²) in [5.74, 6) is 0.600. The fraction of sp³-hybridized carbons (Fsp3) is 0.462. The lowest BCUT2D eigenvalue weighted by molar-refractivity contribution is 0.450. The Morgan fingerprint density at radius 1 is 1.44 bits per heavy atom. The molecule has 0 atom stereocenters. The van der Waals surface area contributed by atoms with Crippen molar-refractivity contribution in [2.75, 3.05) is 13.1 Å². The molecule has 5 heteroatoms. The van der Waals surface area contributed by atoms with Crippen molar-refractivity contribution in [3.63, 3.8) is 0 Å². The molecule has 18 heavy (non-hydrogen) atoms. The van der Waals surface area contributed by atoms with Crippen LogP contribution in [-0.2, 0) is 7.05 Å². The Kier molecular flexibility index (Phi) is 3.54. The van der Waals surface area contributed by atoms with Gasteiger partial charge in [-0.2, -0.15) is 5.10 Å². The maximum atomic E-state index is 4.70. The number of halogens is 1. The van der Waals surface area contributed by atoms with Crippen LogP contribution < -0.4 is 5.32 Å². The highest BCUT2D eigenvalue weighted by Gasteiger charge is 2.22. The minimum Gasteiger partial charge on any atom is -0.317 e. The van der Waals surface area contributed by atoms with Gasteiger partial charge in [-0.1, -0.05) is 0 Å². The second kappa shape index (κ2) is 5.15. The summed E-state index contributed by atoms with van der Waals surface area (Å²) in [6, 6.07) is 2.19. The quantitative estimate of drug-likeness (QED) is 0.917. The largest absolute Gasteiger partial charge is 0.317 e. The number of hydrogen-bond donors (Lipinski definition) is 1. The third-order valence-corrected chi connectivity index (χ3v) is 5.14. The average molecular weight is 326 g/mol. The average Bonchev–Trinajstić information content (AvgIpc) is 2.96. The van der Waals surface area contributed by atoms with Crippen molar-refractivity contribution in [2.45, 2.75) is 18.8 Å². The molecule has 3 rings (SSSR count). The summed E-state index contributed by atoms with van der Waals surface area (Å²) in [5.41, 5.74) is 2.58. The van der Waals surface area contributed by atoms with Gasteiger partial charge in [-0.05, 0) is 47.9 Å². The lowest BCUT2D eigenvalue weighted by Gasteiger charge is -2.21. The van der Waals surface area contributed by atoms with Crippen molar-refractivity contribution in [1.82, 2.24) is 15.1 Å². The number of rotatable bonds is 2. The Bertz CT molecular complexity index is 540. The van der Waals surface area contributed by atoms with Gasteiger partial charge in [-0.15, -0.1) is 11.3 Å². The van der Waals surface area contributed by atoms with Crippen molar-refractivity contribution < 1.29 is 0 Å². The number of piperidine rings is 1. The third kappa shape index (κ3) is 2.39. The molecular formula is C13H16BrN3S. The van der Waals surface area contributed by atoms with Gasteiger partial charge in [-0.3, -0.25) is 4.68 Å².